The minimum Gasteiger partial charge on any atom is -0.377 e. The van der Waals surface area contributed by atoms with Crippen molar-refractivity contribution < 1.29 is 4.79 Å². The van der Waals surface area contributed by atoms with Crippen LogP contribution < -0.4 is 5.73 Å². The van der Waals surface area contributed by atoms with Crippen molar-refractivity contribution in [2.75, 3.05) is 13.1 Å². The Labute approximate surface area is 87.0 Å². The highest BCUT2D eigenvalue weighted by Gasteiger charge is 2.04. The van der Waals surface area contributed by atoms with Crippen molar-refractivity contribution in [3.63, 3.8) is 0 Å². The van der Waals surface area contributed by atoms with E-state index in [1.54, 1.807) is 0 Å². The van der Waals surface area contributed by atoms with Gasteiger partial charge in [-0.15, -0.1) is 0 Å². The molecule has 0 saturated carbocycles. The summed E-state index contributed by atoms with van der Waals surface area (Å²) in [5.74, 6) is -0.301. The number of hydrogen-bond acceptors (Lipinski definition) is 2. The van der Waals surface area contributed by atoms with E-state index in [2.05, 4.69) is 18.7 Å². The first-order valence-corrected chi connectivity index (χ1v) is 5.40. The van der Waals surface area contributed by atoms with Crippen LogP contribution in [0.5, 0.6) is 0 Å². The van der Waals surface area contributed by atoms with Crippen LogP contribution in [0.3, 0.4) is 0 Å². The van der Waals surface area contributed by atoms with Gasteiger partial charge in [0, 0.05) is 24.9 Å². The zero-order valence-corrected chi connectivity index (χ0v) is 9.55. The van der Waals surface area contributed by atoms with Crippen LogP contribution in [0.15, 0.2) is 11.8 Å². The number of nitrogens with two attached hydrogens (primary N) is 1. The van der Waals surface area contributed by atoms with Gasteiger partial charge in [-0.2, -0.15) is 0 Å². The highest BCUT2D eigenvalue weighted by molar-refractivity contribution is 5.91. The highest BCUT2D eigenvalue weighted by atomic mass is 16.1. The summed E-state index contributed by atoms with van der Waals surface area (Å²) in [5, 5.41) is 0. The Morgan fingerprint density at radius 2 is 1.71 bits per heavy atom. The second-order valence-corrected chi connectivity index (χ2v) is 3.41. The fourth-order valence-electron chi connectivity index (χ4n) is 1.36. The van der Waals surface area contributed by atoms with Crippen LogP contribution in [-0.2, 0) is 4.79 Å². The summed E-state index contributed by atoms with van der Waals surface area (Å²) < 4.78 is 0. The van der Waals surface area contributed by atoms with E-state index in [0.29, 0.717) is 12.0 Å². The maximum absolute atomic E-state index is 11.0. The van der Waals surface area contributed by atoms with Crippen LogP contribution in [-0.4, -0.2) is 23.9 Å². The monoisotopic (exact) mass is 198 g/mol. The molecule has 0 fully saturated rings. The lowest BCUT2D eigenvalue weighted by atomic mass is 10.2. The Balaban J connectivity index is 4.40. The largest absolute Gasteiger partial charge is 0.377 e. The third-order valence-electron chi connectivity index (χ3n) is 2.06. The lowest BCUT2D eigenvalue weighted by Crippen LogP contribution is -2.23. The van der Waals surface area contributed by atoms with E-state index in [-0.39, 0.29) is 5.91 Å². The molecule has 0 aromatic heterocycles. The minimum absolute atomic E-state index is 0.301. The van der Waals surface area contributed by atoms with Crippen molar-refractivity contribution in [2.24, 2.45) is 5.73 Å². The zero-order chi connectivity index (χ0) is 11.0. The van der Waals surface area contributed by atoms with Gasteiger partial charge in [-0.1, -0.05) is 20.8 Å². The summed E-state index contributed by atoms with van der Waals surface area (Å²) in [4.78, 5) is 13.2. The molecule has 0 bridgehead atoms. The number of rotatable bonds is 7. The van der Waals surface area contributed by atoms with E-state index >= 15 is 0 Å². The van der Waals surface area contributed by atoms with Gasteiger partial charge >= 0.3 is 0 Å². The lowest BCUT2D eigenvalue weighted by molar-refractivity contribution is -0.114. The number of amides is 1. The van der Waals surface area contributed by atoms with Crippen molar-refractivity contribution in [2.45, 2.75) is 40.0 Å². The first-order valence-electron chi connectivity index (χ1n) is 5.40. The quantitative estimate of drug-likeness (QED) is 0.635. The van der Waals surface area contributed by atoms with Crippen LogP contribution >= 0.6 is 0 Å². The molecule has 0 aliphatic heterocycles. The van der Waals surface area contributed by atoms with Crippen molar-refractivity contribution in [1.29, 1.82) is 0 Å². The average Bonchev–Trinajstić information content (AvgIpc) is 2.14. The summed E-state index contributed by atoms with van der Waals surface area (Å²) in [6.07, 6.45) is 4.80. The molecule has 0 atom stereocenters. The Hall–Kier alpha value is -0.990. The molecule has 14 heavy (non-hydrogen) atoms. The first-order chi connectivity index (χ1) is 6.65. The minimum atomic E-state index is -0.301. The van der Waals surface area contributed by atoms with E-state index in [9.17, 15) is 4.79 Å². The number of carbonyl (C=O) groups excluding carboxylic acids is 1. The van der Waals surface area contributed by atoms with Gasteiger partial charge in [-0.05, 0) is 19.3 Å². The summed E-state index contributed by atoms with van der Waals surface area (Å²) in [7, 11) is 0. The first kappa shape index (κ1) is 13.0. The Bertz CT molecular complexity index is 193. The van der Waals surface area contributed by atoms with Gasteiger partial charge in [-0.3, -0.25) is 4.79 Å². The van der Waals surface area contributed by atoms with Gasteiger partial charge in [0.1, 0.15) is 0 Å². The van der Waals surface area contributed by atoms with E-state index < -0.39 is 0 Å². The van der Waals surface area contributed by atoms with Crippen LogP contribution in [0.4, 0.5) is 0 Å². The number of nitrogens with zero attached hydrogens (tertiary/aromatic N) is 1. The molecule has 0 saturated heterocycles. The molecule has 0 aliphatic rings. The molecule has 0 unspecified atom stereocenters. The van der Waals surface area contributed by atoms with Crippen LogP contribution in [0.2, 0.25) is 0 Å². The van der Waals surface area contributed by atoms with Crippen molar-refractivity contribution in [1.82, 2.24) is 4.90 Å². The molecule has 0 aliphatic carbocycles. The second kappa shape index (κ2) is 7.42. The maximum atomic E-state index is 11.0. The topological polar surface area (TPSA) is 46.3 Å². The van der Waals surface area contributed by atoms with Crippen LogP contribution in [0.25, 0.3) is 0 Å². The predicted molar refractivity (Wildman–Crippen MR) is 59.7 cm³/mol. The van der Waals surface area contributed by atoms with E-state index in [4.69, 9.17) is 5.73 Å². The third kappa shape index (κ3) is 4.90. The van der Waals surface area contributed by atoms with Gasteiger partial charge in [0.2, 0.25) is 5.91 Å². The van der Waals surface area contributed by atoms with Gasteiger partial charge in [-0.25, -0.2) is 0 Å². The van der Waals surface area contributed by atoms with Gasteiger partial charge < -0.3 is 10.6 Å². The van der Waals surface area contributed by atoms with Crippen LogP contribution in [0, 0.1) is 0 Å². The standard InChI is InChI=1S/C11H22N2O/c1-4-7-13(8-5-2)9-10(6-3)11(12)14/h9H,4-8H2,1-3H3,(H2,12,14). The third-order valence-corrected chi connectivity index (χ3v) is 2.06. The summed E-state index contributed by atoms with van der Waals surface area (Å²) >= 11 is 0. The van der Waals surface area contributed by atoms with Gasteiger partial charge in [0.15, 0.2) is 0 Å². The zero-order valence-electron chi connectivity index (χ0n) is 9.55. The number of primary amides is 1. The molecule has 1 amide bonds. The van der Waals surface area contributed by atoms with E-state index in [1.165, 1.54) is 0 Å². The summed E-state index contributed by atoms with van der Waals surface area (Å²) in [5.41, 5.74) is 5.97. The summed E-state index contributed by atoms with van der Waals surface area (Å²) in [6, 6.07) is 0. The normalized spacial score (nSPS) is 11.5. The molecule has 0 spiro atoms. The Morgan fingerprint density at radius 3 is 2.00 bits per heavy atom. The molecule has 0 rings (SSSR count). The molecule has 0 aromatic rings. The SMILES string of the molecule is CCCN(C=C(CC)C(N)=O)CCC. The highest BCUT2D eigenvalue weighted by Crippen LogP contribution is 2.04. The fraction of sp³-hybridized carbons (Fsp3) is 0.727. The maximum Gasteiger partial charge on any atom is 0.246 e. The number of carbonyl (C=O) groups is 1. The second-order valence-electron chi connectivity index (χ2n) is 3.41. The van der Waals surface area contributed by atoms with Gasteiger partial charge in [0.25, 0.3) is 0 Å². The smallest absolute Gasteiger partial charge is 0.246 e. The molecule has 82 valence electrons. The molecule has 2 N–H and O–H groups in total. The molecule has 3 heteroatoms. The average molecular weight is 198 g/mol. The van der Waals surface area contributed by atoms with Crippen molar-refractivity contribution >= 4 is 5.91 Å². The molecular weight excluding hydrogens is 176 g/mol. The predicted octanol–water partition coefficient (Wildman–Crippen LogP) is 1.89. The molecule has 3 nitrogen and oxygen atoms in total. The van der Waals surface area contributed by atoms with E-state index in [1.807, 2.05) is 13.1 Å². The molecule has 0 heterocycles. The van der Waals surface area contributed by atoms with Crippen molar-refractivity contribution in [3.05, 3.63) is 11.8 Å². The fourth-order valence-corrected chi connectivity index (χ4v) is 1.36. The molecule has 0 aromatic carbocycles. The van der Waals surface area contributed by atoms with Crippen LogP contribution in [0.1, 0.15) is 40.0 Å². The van der Waals surface area contributed by atoms with Gasteiger partial charge in [0.05, 0.1) is 0 Å². The van der Waals surface area contributed by atoms with E-state index in [0.717, 1.165) is 25.9 Å². The Morgan fingerprint density at radius 1 is 1.21 bits per heavy atom. The van der Waals surface area contributed by atoms with Crippen molar-refractivity contribution in [3.8, 4) is 0 Å². The summed E-state index contributed by atoms with van der Waals surface area (Å²) in [6.45, 7) is 8.20. The number of hydrogen-bond donors (Lipinski definition) is 1. The molecular formula is C11H22N2O. The Kier molecular flexibility index (Phi) is 6.89. The molecule has 0 radical (unpaired) electrons. The lowest BCUT2D eigenvalue weighted by Gasteiger charge is -2.19.